The maximum Gasteiger partial charge on any atom is 0.257 e. The molecule has 2 amide bonds. The number of nitrogens with zero attached hydrogens (tertiary/aromatic N) is 1. The number of carbonyl (C=O) groups is 2. The van der Waals surface area contributed by atoms with Crippen LogP contribution in [0.3, 0.4) is 0 Å². The van der Waals surface area contributed by atoms with E-state index in [-0.39, 0.29) is 23.6 Å². The Morgan fingerprint density at radius 1 is 1.45 bits per heavy atom. The fourth-order valence-electron chi connectivity index (χ4n) is 2.24. The highest BCUT2D eigenvalue weighted by molar-refractivity contribution is 6.31. The predicted octanol–water partition coefficient (Wildman–Crippen LogP) is 1.83. The van der Waals surface area contributed by atoms with Crippen LogP contribution in [0.1, 0.15) is 22.3 Å². The minimum Gasteiger partial charge on any atom is -0.368 e. The quantitative estimate of drug-likeness (QED) is 0.906. The topological polar surface area (TPSA) is 63.4 Å². The highest BCUT2D eigenvalue weighted by atomic mass is 35.5. The van der Waals surface area contributed by atoms with Crippen molar-refractivity contribution in [3.63, 3.8) is 0 Å². The third kappa shape index (κ3) is 2.47. The Morgan fingerprint density at radius 3 is 2.70 bits per heavy atom. The van der Waals surface area contributed by atoms with E-state index in [1.807, 2.05) is 0 Å². The molecule has 0 bridgehead atoms. The van der Waals surface area contributed by atoms with Crippen LogP contribution in [0.15, 0.2) is 12.1 Å². The van der Waals surface area contributed by atoms with Gasteiger partial charge in [-0.15, -0.1) is 0 Å². The molecule has 108 valence electrons. The Balaban J connectivity index is 2.36. The summed E-state index contributed by atoms with van der Waals surface area (Å²) in [6.07, 6.45) is -1.51. The largest absolute Gasteiger partial charge is 0.368 e. The van der Waals surface area contributed by atoms with Gasteiger partial charge in [-0.25, -0.2) is 8.78 Å². The molecular formula is C13H13ClF2N2O2. The average Bonchev–Trinajstić information content (AvgIpc) is 2.78. The maximum absolute atomic E-state index is 14.0. The Morgan fingerprint density at radius 2 is 2.10 bits per heavy atom. The van der Waals surface area contributed by atoms with Gasteiger partial charge in [-0.05, 0) is 18.6 Å². The lowest BCUT2D eigenvalue weighted by Gasteiger charge is -2.22. The molecule has 1 heterocycles. The summed E-state index contributed by atoms with van der Waals surface area (Å²) >= 11 is 5.75. The van der Waals surface area contributed by atoms with Gasteiger partial charge >= 0.3 is 0 Å². The van der Waals surface area contributed by atoms with E-state index in [1.54, 1.807) is 6.92 Å². The molecule has 20 heavy (non-hydrogen) atoms. The van der Waals surface area contributed by atoms with Crippen LogP contribution in [0.5, 0.6) is 0 Å². The molecule has 2 atom stereocenters. The molecule has 0 unspecified atom stereocenters. The van der Waals surface area contributed by atoms with Crippen LogP contribution in [0.2, 0.25) is 5.02 Å². The third-order valence-corrected chi connectivity index (χ3v) is 3.81. The Bertz CT molecular complexity index is 580. The summed E-state index contributed by atoms with van der Waals surface area (Å²) in [4.78, 5) is 24.4. The van der Waals surface area contributed by atoms with E-state index in [4.69, 9.17) is 17.3 Å². The van der Waals surface area contributed by atoms with Crippen molar-refractivity contribution in [1.29, 1.82) is 0 Å². The first-order valence-corrected chi connectivity index (χ1v) is 6.39. The maximum atomic E-state index is 14.0. The minimum atomic E-state index is -1.35. The summed E-state index contributed by atoms with van der Waals surface area (Å²) in [7, 11) is 0. The molecule has 0 spiro atoms. The van der Waals surface area contributed by atoms with Gasteiger partial charge in [-0.3, -0.25) is 9.59 Å². The van der Waals surface area contributed by atoms with Crippen LogP contribution in [-0.2, 0) is 4.79 Å². The Kier molecular flexibility index (Phi) is 3.94. The lowest BCUT2D eigenvalue weighted by molar-refractivity contribution is -0.121. The van der Waals surface area contributed by atoms with E-state index in [0.29, 0.717) is 5.56 Å². The lowest BCUT2D eigenvalue weighted by atomic mass is 10.1. The third-order valence-electron chi connectivity index (χ3n) is 3.35. The zero-order valence-corrected chi connectivity index (χ0v) is 11.5. The summed E-state index contributed by atoms with van der Waals surface area (Å²) in [5.74, 6) is -2.47. The molecule has 2 N–H and O–H groups in total. The monoisotopic (exact) mass is 302 g/mol. The molecule has 1 fully saturated rings. The van der Waals surface area contributed by atoms with Crippen LogP contribution in [-0.4, -0.2) is 35.5 Å². The van der Waals surface area contributed by atoms with E-state index in [9.17, 15) is 18.4 Å². The fraction of sp³-hybridized carbons (Fsp3) is 0.385. The van der Waals surface area contributed by atoms with Crippen LogP contribution < -0.4 is 5.73 Å². The van der Waals surface area contributed by atoms with E-state index >= 15 is 0 Å². The second-order valence-electron chi connectivity index (χ2n) is 4.77. The molecule has 0 radical (unpaired) electrons. The van der Waals surface area contributed by atoms with E-state index in [2.05, 4.69) is 0 Å². The standard InChI is InChI=1S/C13H13ClF2N2O2/c1-6-2-3-8(11(16)10(6)14)13(20)18-5-7(15)4-9(18)12(17)19/h2-3,7,9H,4-5H2,1H3,(H2,17,19)/t7-,9+/m1/s1. The van der Waals surface area contributed by atoms with Crippen molar-refractivity contribution >= 4 is 23.4 Å². The number of alkyl halides is 1. The zero-order chi connectivity index (χ0) is 15.0. The van der Waals surface area contributed by atoms with Crippen molar-refractivity contribution < 1.29 is 18.4 Å². The number of aryl methyl sites for hydroxylation is 1. The van der Waals surface area contributed by atoms with Crippen molar-refractivity contribution in [2.24, 2.45) is 5.73 Å². The highest BCUT2D eigenvalue weighted by Crippen LogP contribution is 2.27. The Hall–Kier alpha value is -1.69. The molecule has 2 rings (SSSR count). The highest BCUT2D eigenvalue weighted by Gasteiger charge is 2.39. The van der Waals surface area contributed by atoms with Crippen molar-refractivity contribution in [2.75, 3.05) is 6.54 Å². The summed E-state index contributed by atoms with van der Waals surface area (Å²) < 4.78 is 27.4. The molecule has 0 saturated carbocycles. The molecule has 1 aliphatic rings. The van der Waals surface area contributed by atoms with E-state index in [1.165, 1.54) is 12.1 Å². The number of benzene rings is 1. The van der Waals surface area contributed by atoms with Gasteiger partial charge in [0.05, 0.1) is 17.1 Å². The molecule has 1 aromatic rings. The van der Waals surface area contributed by atoms with Gasteiger partial charge in [0.15, 0.2) is 5.82 Å². The fourth-order valence-corrected chi connectivity index (χ4v) is 2.41. The number of carbonyl (C=O) groups excluding carboxylic acids is 2. The molecule has 0 aromatic heterocycles. The molecule has 4 nitrogen and oxygen atoms in total. The lowest BCUT2D eigenvalue weighted by Crippen LogP contribution is -2.44. The molecule has 0 aliphatic carbocycles. The normalized spacial score (nSPS) is 22.1. The van der Waals surface area contributed by atoms with E-state index in [0.717, 1.165) is 4.90 Å². The first-order chi connectivity index (χ1) is 9.32. The average molecular weight is 303 g/mol. The van der Waals surface area contributed by atoms with Crippen molar-refractivity contribution in [3.05, 3.63) is 34.1 Å². The van der Waals surface area contributed by atoms with Crippen LogP contribution in [0.4, 0.5) is 8.78 Å². The summed E-state index contributed by atoms with van der Waals surface area (Å²) in [6.45, 7) is 1.32. The number of halogens is 3. The number of hydrogen-bond acceptors (Lipinski definition) is 2. The predicted molar refractivity (Wildman–Crippen MR) is 69.7 cm³/mol. The number of primary amides is 1. The van der Waals surface area contributed by atoms with Crippen molar-refractivity contribution in [2.45, 2.75) is 25.6 Å². The molecule has 1 aromatic carbocycles. The van der Waals surface area contributed by atoms with Crippen LogP contribution >= 0.6 is 11.6 Å². The smallest absolute Gasteiger partial charge is 0.257 e. The van der Waals surface area contributed by atoms with Gasteiger partial charge in [0.25, 0.3) is 5.91 Å². The first kappa shape index (κ1) is 14.7. The molecule has 1 saturated heterocycles. The molecular weight excluding hydrogens is 290 g/mol. The minimum absolute atomic E-state index is 0.164. The summed E-state index contributed by atoms with van der Waals surface area (Å²) in [5, 5.41) is -0.164. The number of amides is 2. The number of nitrogens with two attached hydrogens (primary N) is 1. The van der Waals surface area contributed by atoms with Gasteiger partial charge in [-0.1, -0.05) is 17.7 Å². The van der Waals surface area contributed by atoms with Crippen molar-refractivity contribution in [1.82, 2.24) is 4.90 Å². The van der Waals surface area contributed by atoms with Crippen LogP contribution in [0, 0.1) is 12.7 Å². The van der Waals surface area contributed by atoms with Crippen molar-refractivity contribution in [3.8, 4) is 0 Å². The summed E-state index contributed by atoms with van der Waals surface area (Å²) in [6, 6.07) is 1.70. The summed E-state index contributed by atoms with van der Waals surface area (Å²) in [5.41, 5.74) is 5.33. The van der Waals surface area contributed by atoms with Gasteiger partial charge in [0.1, 0.15) is 12.2 Å². The second-order valence-corrected chi connectivity index (χ2v) is 5.14. The van der Waals surface area contributed by atoms with Gasteiger partial charge < -0.3 is 10.6 Å². The molecule has 1 aliphatic heterocycles. The zero-order valence-electron chi connectivity index (χ0n) is 10.7. The van der Waals surface area contributed by atoms with Gasteiger partial charge in [0, 0.05) is 6.42 Å². The van der Waals surface area contributed by atoms with Gasteiger partial charge in [0.2, 0.25) is 5.91 Å². The molecule has 7 heteroatoms. The second kappa shape index (κ2) is 5.36. The number of hydrogen-bond donors (Lipinski definition) is 1. The Labute approximate surface area is 119 Å². The first-order valence-electron chi connectivity index (χ1n) is 6.02. The number of rotatable bonds is 2. The van der Waals surface area contributed by atoms with Gasteiger partial charge in [-0.2, -0.15) is 0 Å². The van der Waals surface area contributed by atoms with Crippen LogP contribution in [0.25, 0.3) is 0 Å². The SMILES string of the molecule is Cc1ccc(C(=O)N2C[C@H](F)C[C@H]2C(N)=O)c(F)c1Cl. The van der Waals surface area contributed by atoms with E-state index < -0.39 is 29.8 Å². The number of likely N-dealkylation sites (tertiary alicyclic amines) is 1.